The predicted molar refractivity (Wildman–Crippen MR) is 74.1 cm³/mol. The van der Waals surface area contributed by atoms with Crippen LogP contribution in [0.5, 0.6) is 0 Å². The second kappa shape index (κ2) is 5.45. The van der Waals surface area contributed by atoms with Crippen LogP contribution in [0.25, 0.3) is 0 Å². The van der Waals surface area contributed by atoms with Crippen molar-refractivity contribution in [3.8, 4) is 0 Å². The van der Waals surface area contributed by atoms with E-state index in [0.717, 1.165) is 24.0 Å². The monoisotopic (exact) mass is 278 g/mol. The van der Waals surface area contributed by atoms with E-state index in [1.807, 2.05) is 24.3 Å². The van der Waals surface area contributed by atoms with Crippen LogP contribution in [0.15, 0.2) is 24.3 Å². The zero-order valence-electron chi connectivity index (χ0n) is 11.7. The number of rotatable bonds is 3. The first-order valence-electron chi connectivity index (χ1n) is 7.33. The summed E-state index contributed by atoms with van der Waals surface area (Å²) < 4.78 is 11.4. The standard InChI is InChI=1S/C16H22O4/c17-12-14-4-2-1-3-13(14)11-15(18)5-7-16(8-6-15)19-9-10-20-16/h1-4,17-18H,5-12H2. The lowest BCUT2D eigenvalue weighted by atomic mass is 9.77. The van der Waals surface area contributed by atoms with Crippen LogP contribution in [-0.4, -0.2) is 34.8 Å². The van der Waals surface area contributed by atoms with Gasteiger partial charge in [0.2, 0.25) is 0 Å². The van der Waals surface area contributed by atoms with Crippen molar-refractivity contribution in [2.45, 2.75) is 50.1 Å². The number of aliphatic hydroxyl groups excluding tert-OH is 1. The van der Waals surface area contributed by atoms with Crippen molar-refractivity contribution < 1.29 is 19.7 Å². The molecule has 1 aromatic carbocycles. The normalized spacial score (nSPS) is 24.1. The Morgan fingerprint density at radius 3 is 2.15 bits per heavy atom. The van der Waals surface area contributed by atoms with E-state index in [-0.39, 0.29) is 6.61 Å². The summed E-state index contributed by atoms with van der Waals surface area (Å²) in [7, 11) is 0. The third kappa shape index (κ3) is 2.74. The fourth-order valence-corrected chi connectivity index (χ4v) is 3.30. The Morgan fingerprint density at radius 1 is 0.950 bits per heavy atom. The van der Waals surface area contributed by atoms with Crippen LogP contribution in [0.3, 0.4) is 0 Å². The van der Waals surface area contributed by atoms with Crippen LogP contribution in [-0.2, 0) is 22.5 Å². The van der Waals surface area contributed by atoms with Gasteiger partial charge < -0.3 is 19.7 Å². The van der Waals surface area contributed by atoms with Crippen LogP contribution in [0, 0.1) is 0 Å². The van der Waals surface area contributed by atoms with Gasteiger partial charge >= 0.3 is 0 Å². The number of benzene rings is 1. The Labute approximate surface area is 119 Å². The summed E-state index contributed by atoms with van der Waals surface area (Å²) in [5.74, 6) is -0.442. The molecule has 2 aliphatic rings. The zero-order valence-corrected chi connectivity index (χ0v) is 11.7. The topological polar surface area (TPSA) is 58.9 Å². The van der Waals surface area contributed by atoms with Crippen molar-refractivity contribution in [1.29, 1.82) is 0 Å². The molecule has 4 nitrogen and oxygen atoms in total. The van der Waals surface area contributed by atoms with Gasteiger partial charge in [0, 0.05) is 19.3 Å². The molecule has 1 spiro atoms. The highest BCUT2D eigenvalue weighted by atomic mass is 16.7. The van der Waals surface area contributed by atoms with E-state index in [1.165, 1.54) is 0 Å². The van der Waals surface area contributed by atoms with Gasteiger partial charge in [0.15, 0.2) is 5.79 Å². The molecule has 0 bridgehead atoms. The van der Waals surface area contributed by atoms with Gasteiger partial charge in [-0.25, -0.2) is 0 Å². The lowest BCUT2D eigenvalue weighted by molar-refractivity contribution is -0.202. The summed E-state index contributed by atoms with van der Waals surface area (Å²) in [5.41, 5.74) is 1.21. The van der Waals surface area contributed by atoms with E-state index in [9.17, 15) is 10.2 Å². The van der Waals surface area contributed by atoms with Crippen LogP contribution < -0.4 is 0 Å². The molecule has 110 valence electrons. The molecule has 1 saturated carbocycles. The molecule has 1 saturated heterocycles. The van der Waals surface area contributed by atoms with Crippen LogP contribution in [0.2, 0.25) is 0 Å². The first-order valence-corrected chi connectivity index (χ1v) is 7.33. The van der Waals surface area contributed by atoms with E-state index < -0.39 is 11.4 Å². The molecule has 2 fully saturated rings. The minimum atomic E-state index is -0.716. The third-order valence-corrected chi connectivity index (χ3v) is 4.56. The predicted octanol–water partition coefficient (Wildman–Crippen LogP) is 1.77. The average molecular weight is 278 g/mol. The van der Waals surface area contributed by atoms with Gasteiger partial charge in [-0.1, -0.05) is 24.3 Å². The smallest absolute Gasteiger partial charge is 0.168 e. The molecule has 3 rings (SSSR count). The molecule has 0 unspecified atom stereocenters. The minimum absolute atomic E-state index is 0.0163. The molecule has 1 aromatic rings. The van der Waals surface area contributed by atoms with E-state index in [2.05, 4.69) is 0 Å². The lowest BCUT2D eigenvalue weighted by Crippen LogP contribution is -2.44. The van der Waals surface area contributed by atoms with Gasteiger partial charge in [-0.15, -0.1) is 0 Å². The average Bonchev–Trinajstić information content (AvgIpc) is 2.92. The fraction of sp³-hybridized carbons (Fsp3) is 0.625. The Kier molecular flexibility index (Phi) is 3.82. The minimum Gasteiger partial charge on any atom is -0.392 e. The molecule has 0 aromatic heterocycles. The van der Waals surface area contributed by atoms with Gasteiger partial charge in [0.05, 0.1) is 25.4 Å². The van der Waals surface area contributed by atoms with Crippen molar-refractivity contribution in [1.82, 2.24) is 0 Å². The van der Waals surface area contributed by atoms with E-state index in [4.69, 9.17) is 9.47 Å². The van der Waals surface area contributed by atoms with Gasteiger partial charge in [0.1, 0.15) is 0 Å². The first-order chi connectivity index (χ1) is 9.65. The van der Waals surface area contributed by atoms with Crippen molar-refractivity contribution in [3.63, 3.8) is 0 Å². The Bertz CT molecular complexity index is 455. The van der Waals surface area contributed by atoms with Crippen molar-refractivity contribution >= 4 is 0 Å². The summed E-state index contributed by atoms with van der Waals surface area (Å²) in [5, 5.41) is 20.2. The second-order valence-electron chi connectivity index (χ2n) is 5.94. The maximum atomic E-state index is 10.8. The van der Waals surface area contributed by atoms with Gasteiger partial charge in [-0.05, 0) is 24.0 Å². The Balaban J connectivity index is 1.68. The van der Waals surface area contributed by atoms with E-state index in [1.54, 1.807) is 0 Å². The molecule has 1 aliphatic heterocycles. The second-order valence-corrected chi connectivity index (χ2v) is 5.94. The summed E-state index contributed by atoms with van der Waals surface area (Å²) >= 11 is 0. The zero-order chi connectivity index (χ0) is 14.1. The van der Waals surface area contributed by atoms with Gasteiger partial charge in [-0.2, -0.15) is 0 Å². The van der Waals surface area contributed by atoms with Gasteiger partial charge in [-0.3, -0.25) is 0 Å². The molecule has 1 heterocycles. The molecule has 0 atom stereocenters. The molecule has 2 N–H and O–H groups in total. The number of ether oxygens (including phenoxy) is 2. The van der Waals surface area contributed by atoms with Crippen LogP contribution in [0.4, 0.5) is 0 Å². The molecule has 4 heteroatoms. The molecule has 1 aliphatic carbocycles. The first kappa shape index (κ1) is 14.0. The van der Waals surface area contributed by atoms with Crippen molar-refractivity contribution in [2.24, 2.45) is 0 Å². The molecule has 0 amide bonds. The van der Waals surface area contributed by atoms with Crippen molar-refractivity contribution in [2.75, 3.05) is 13.2 Å². The Morgan fingerprint density at radius 2 is 1.55 bits per heavy atom. The molecular weight excluding hydrogens is 256 g/mol. The highest BCUT2D eigenvalue weighted by Crippen LogP contribution is 2.41. The molecule has 20 heavy (non-hydrogen) atoms. The summed E-state index contributed by atoms with van der Waals surface area (Å²) in [6, 6.07) is 7.75. The maximum absolute atomic E-state index is 10.8. The fourth-order valence-electron chi connectivity index (χ4n) is 3.30. The maximum Gasteiger partial charge on any atom is 0.168 e. The lowest BCUT2D eigenvalue weighted by Gasteiger charge is -2.40. The summed E-state index contributed by atoms with van der Waals surface area (Å²) in [4.78, 5) is 0. The quantitative estimate of drug-likeness (QED) is 0.884. The highest BCUT2D eigenvalue weighted by molar-refractivity contribution is 5.28. The number of hydrogen-bond donors (Lipinski definition) is 2. The van der Waals surface area contributed by atoms with Crippen LogP contribution >= 0.6 is 0 Å². The van der Waals surface area contributed by atoms with Crippen molar-refractivity contribution in [3.05, 3.63) is 35.4 Å². The number of aliphatic hydroxyl groups is 2. The Hall–Kier alpha value is -0.940. The highest BCUT2D eigenvalue weighted by Gasteiger charge is 2.45. The number of hydrogen-bond acceptors (Lipinski definition) is 4. The van der Waals surface area contributed by atoms with Crippen LogP contribution in [0.1, 0.15) is 36.8 Å². The van der Waals surface area contributed by atoms with E-state index >= 15 is 0 Å². The van der Waals surface area contributed by atoms with E-state index in [0.29, 0.717) is 32.5 Å². The molecule has 0 radical (unpaired) electrons. The summed E-state index contributed by atoms with van der Waals surface area (Å²) in [6.45, 7) is 1.33. The third-order valence-electron chi connectivity index (χ3n) is 4.56. The molecular formula is C16H22O4. The summed E-state index contributed by atoms with van der Waals surface area (Å²) in [6.07, 6.45) is 3.41. The SMILES string of the molecule is OCc1ccccc1CC1(O)CCC2(CC1)OCCO2. The largest absolute Gasteiger partial charge is 0.392 e. The van der Waals surface area contributed by atoms with Gasteiger partial charge in [0.25, 0.3) is 0 Å².